The number of aliphatic carboxylic acids is 1. The smallest absolute Gasteiger partial charge is 0.408 e. The van der Waals surface area contributed by atoms with Gasteiger partial charge in [-0.3, -0.25) is 4.79 Å². The number of carbonyl (C=O) groups is 4. The number of hydrogen-bond donors (Lipinski definition) is 3. The third-order valence-corrected chi connectivity index (χ3v) is 4.20. The molecule has 1 aromatic carbocycles. The van der Waals surface area contributed by atoms with Gasteiger partial charge in [0.1, 0.15) is 18.2 Å². The molecule has 3 N–H and O–H groups in total. The Labute approximate surface area is 196 Å². The second-order valence-electron chi connectivity index (χ2n) is 9.24. The first-order valence-electron chi connectivity index (χ1n) is 10.8. The first-order valence-corrected chi connectivity index (χ1v) is 10.8. The molecule has 0 unspecified atom stereocenters. The van der Waals surface area contributed by atoms with Gasteiger partial charge in [-0.1, -0.05) is 58.0 Å². The largest absolute Gasteiger partial charge is 0.480 e. The van der Waals surface area contributed by atoms with Crippen LogP contribution in [-0.2, 0) is 25.7 Å². The molecule has 0 aromatic heterocycles. The highest BCUT2D eigenvalue weighted by Gasteiger charge is 2.25. The molecule has 0 bridgehead atoms. The maximum absolute atomic E-state index is 11.4. The lowest BCUT2D eigenvalue weighted by atomic mass is 10.0. The average molecular weight is 467 g/mol. The molecule has 0 aliphatic heterocycles. The number of amides is 2. The number of benzene rings is 1. The highest BCUT2D eigenvalue weighted by Crippen LogP contribution is 2.09. The van der Waals surface area contributed by atoms with E-state index in [4.69, 9.17) is 14.6 Å². The average Bonchev–Trinajstić information content (AvgIpc) is 2.67. The zero-order chi connectivity index (χ0) is 25.8. The monoisotopic (exact) mass is 466 g/mol. The van der Waals surface area contributed by atoms with E-state index in [0.717, 1.165) is 5.56 Å². The van der Waals surface area contributed by atoms with Gasteiger partial charge in [0.05, 0.1) is 6.04 Å². The first kappa shape index (κ1) is 29.9. The van der Waals surface area contributed by atoms with E-state index in [9.17, 15) is 19.2 Å². The van der Waals surface area contributed by atoms with E-state index in [0.29, 0.717) is 0 Å². The minimum atomic E-state index is -1.07. The van der Waals surface area contributed by atoms with Crippen LogP contribution >= 0.6 is 0 Å². The molecule has 9 nitrogen and oxygen atoms in total. The quantitative estimate of drug-likeness (QED) is 0.524. The molecule has 33 heavy (non-hydrogen) atoms. The Morgan fingerprint density at radius 3 is 1.76 bits per heavy atom. The van der Waals surface area contributed by atoms with Gasteiger partial charge in [-0.05, 0) is 45.1 Å². The van der Waals surface area contributed by atoms with Crippen molar-refractivity contribution in [1.29, 1.82) is 0 Å². The summed E-state index contributed by atoms with van der Waals surface area (Å²) < 4.78 is 10.0. The fourth-order valence-electron chi connectivity index (χ4n) is 2.58. The summed E-state index contributed by atoms with van der Waals surface area (Å²) >= 11 is 0. The van der Waals surface area contributed by atoms with Crippen LogP contribution in [-0.4, -0.2) is 46.7 Å². The van der Waals surface area contributed by atoms with Crippen LogP contribution in [0.4, 0.5) is 9.59 Å². The molecule has 1 rings (SSSR count). The van der Waals surface area contributed by atoms with E-state index >= 15 is 0 Å². The number of carboxylic acid groups (broad SMARTS) is 1. The van der Waals surface area contributed by atoms with Crippen LogP contribution in [0.25, 0.3) is 0 Å². The fourth-order valence-corrected chi connectivity index (χ4v) is 2.58. The maximum Gasteiger partial charge on any atom is 0.408 e. The van der Waals surface area contributed by atoms with Gasteiger partial charge >= 0.3 is 18.2 Å². The van der Waals surface area contributed by atoms with Crippen molar-refractivity contribution in [3.63, 3.8) is 0 Å². The zero-order valence-electron chi connectivity index (χ0n) is 20.8. The summed E-state index contributed by atoms with van der Waals surface area (Å²) in [4.78, 5) is 44.9. The third kappa shape index (κ3) is 13.8. The van der Waals surface area contributed by atoms with Crippen LogP contribution in [0.1, 0.15) is 61.0 Å². The molecule has 0 radical (unpaired) electrons. The summed E-state index contributed by atoms with van der Waals surface area (Å²) in [5.74, 6) is -1.26. The molecule has 9 heteroatoms. The van der Waals surface area contributed by atoms with Gasteiger partial charge in [0.25, 0.3) is 0 Å². The lowest BCUT2D eigenvalue weighted by Crippen LogP contribution is -2.45. The second kappa shape index (κ2) is 14.1. The highest BCUT2D eigenvalue weighted by molar-refractivity contribution is 5.85. The van der Waals surface area contributed by atoms with E-state index < -0.39 is 35.8 Å². The Morgan fingerprint density at radius 1 is 0.879 bits per heavy atom. The summed E-state index contributed by atoms with van der Waals surface area (Å²) in [7, 11) is 0. The second-order valence-corrected chi connectivity index (χ2v) is 9.24. The molecule has 0 aliphatic carbocycles. The SMILES string of the molecule is CC(=O)[C@@H](NC(=O)OC(C)(C)C)C(C)C.CC(C)[C@H](NC(=O)OCc1ccccc1)C(=O)O. The number of carbonyl (C=O) groups excluding carboxylic acids is 3. The summed E-state index contributed by atoms with van der Waals surface area (Å²) in [5, 5.41) is 13.8. The van der Waals surface area contributed by atoms with Crippen molar-refractivity contribution >= 4 is 23.9 Å². The van der Waals surface area contributed by atoms with E-state index in [1.807, 2.05) is 44.2 Å². The van der Waals surface area contributed by atoms with Crippen molar-refractivity contribution in [1.82, 2.24) is 10.6 Å². The van der Waals surface area contributed by atoms with Gasteiger partial charge in [0.2, 0.25) is 0 Å². The third-order valence-electron chi connectivity index (χ3n) is 4.20. The molecule has 0 heterocycles. The number of ketones is 1. The van der Waals surface area contributed by atoms with Gasteiger partial charge in [-0.2, -0.15) is 0 Å². The molecular weight excluding hydrogens is 428 g/mol. The Kier molecular flexibility index (Phi) is 12.8. The molecule has 0 aliphatic rings. The minimum absolute atomic E-state index is 0.0594. The normalized spacial score (nSPS) is 12.7. The van der Waals surface area contributed by atoms with Crippen LogP contribution in [0.15, 0.2) is 30.3 Å². The van der Waals surface area contributed by atoms with Crippen LogP contribution in [0, 0.1) is 11.8 Å². The van der Waals surface area contributed by atoms with Crippen molar-refractivity contribution in [2.75, 3.05) is 0 Å². The predicted octanol–water partition coefficient (Wildman–Crippen LogP) is 4.15. The molecular formula is C24H38N2O7. The molecule has 1 aromatic rings. The van der Waals surface area contributed by atoms with Gasteiger partial charge in [-0.25, -0.2) is 14.4 Å². The Hall–Kier alpha value is -3.10. The number of ether oxygens (including phenoxy) is 2. The van der Waals surface area contributed by atoms with E-state index in [2.05, 4.69) is 10.6 Å². The van der Waals surface area contributed by atoms with E-state index in [-0.39, 0.29) is 24.2 Å². The summed E-state index contributed by atoms with van der Waals surface area (Å²) in [6, 6.07) is 7.78. The molecule has 0 saturated heterocycles. The maximum atomic E-state index is 11.4. The van der Waals surface area contributed by atoms with Gasteiger partial charge < -0.3 is 25.2 Å². The van der Waals surface area contributed by atoms with Crippen molar-refractivity contribution in [3.8, 4) is 0 Å². The Morgan fingerprint density at radius 2 is 1.36 bits per heavy atom. The number of hydrogen-bond acceptors (Lipinski definition) is 6. The summed E-state index contributed by atoms with van der Waals surface area (Å²) in [6.45, 7) is 14.1. The van der Waals surface area contributed by atoms with Crippen LogP contribution in [0.3, 0.4) is 0 Å². The fraction of sp³-hybridized carbons (Fsp3) is 0.583. The number of carboxylic acids is 1. The Balaban J connectivity index is 0.000000633. The van der Waals surface area contributed by atoms with Crippen molar-refractivity contribution in [2.45, 2.75) is 79.7 Å². The number of Topliss-reactive ketones (excluding diaryl/α,β-unsaturated/α-hetero) is 1. The summed E-state index contributed by atoms with van der Waals surface area (Å²) in [6.07, 6.45) is -1.27. The standard InChI is InChI=1S/C13H17NO4.C11H21NO3/c1-9(2)11(12(15)16)14-13(17)18-8-10-6-4-3-5-7-10;1-7(2)9(8(3)13)12-10(14)15-11(4,5)6/h3-7,9,11H,8H2,1-2H3,(H,14,17)(H,15,16);7,9H,1-6H3,(H,12,14)/t11-;9-/m00/s1. The van der Waals surface area contributed by atoms with Crippen molar-refractivity contribution in [3.05, 3.63) is 35.9 Å². The molecule has 2 amide bonds. The van der Waals surface area contributed by atoms with Crippen LogP contribution in [0.5, 0.6) is 0 Å². The molecule has 2 atom stereocenters. The summed E-state index contributed by atoms with van der Waals surface area (Å²) in [5.41, 5.74) is 0.312. The lowest BCUT2D eigenvalue weighted by molar-refractivity contribution is -0.140. The molecule has 0 saturated carbocycles. The van der Waals surface area contributed by atoms with E-state index in [1.165, 1.54) is 6.92 Å². The first-order chi connectivity index (χ1) is 15.1. The number of nitrogens with one attached hydrogen (secondary N) is 2. The number of alkyl carbamates (subject to hydrolysis) is 2. The molecule has 0 fully saturated rings. The zero-order valence-corrected chi connectivity index (χ0v) is 20.8. The van der Waals surface area contributed by atoms with Crippen molar-refractivity contribution < 1.29 is 33.8 Å². The van der Waals surface area contributed by atoms with E-state index in [1.54, 1.807) is 34.6 Å². The minimum Gasteiger partial charge on any atom is -0.480 e. The highest BCUT2D eigenvalue weighted by atomic mass is 16.6. The Bertz CT molecular complexity index is 771. The lowest BCUT2D eigenvalue weighted by Gasteiger charge is -2.24. The topological polar surface area (TPSA) is 131 Å². The number of rotatable bonds is 8. The van der Waals surface area contributed by atoms with Crippen LogP contribution < -0.4 is 10.6 Å². The predicted molar refractivity (Wildman–Crippen MR) is 125 cm³/mol. The molecule has 0 spiro atoms. The van der Waals surface area contributed by atoms with Crippen LogP contribution in [0.2, 0.25) is 0 Å². The van der Waals surface area contributed by atoms with Crippen molar-refractivity contribution in [2.24, 2.45) is 11.8 Å². The molecule has 186 valence electrons. The van der Waals surface area contributed by atoms with Gasteiger partial charge in [-0.15, -0.1) is 0 Å². The van der Waals surface area contributed by atoms with Gasteiger partial charge in [0.15, 0.2) is 5.78 Å². The van der Waals surface area contributed by atoms with Gasteiger partial charge in [0, 0.05) is 0 Å².